The molecule has 2 amide bonds. The standard InChI is InChI=1S/C20H25FN6O3S/c1-3-31-20(29)25-8-6-24(7-9-25)18-5-4-15(10-17(18)21)27-13-16(30-19(27)28)12-26-11-14(2)22-23-26/h4-5,10-11,16H,3,6-9,12-13H2,1-2H3/t16-/m0/s1. The van der Waals surface area contributed by atoms with E-state index in [0.29, 0.717) is 50.6 Å². The molecule has 2 aliphatic rings. The average Bonchev–Trinajstić information content (AvgIpc) is 3.33. The van der Waals surface area contributed by atoms with Gasteiger partial charge in [0.15, 0.2) is 0 Å². The van der Waals surface area contributed by atoms with E-state index in [1.807, 2.05) is 18.7 Å². The molecule has 0 N–H and O–H groups in total. The van der Waals surface area contributed by atoms with Crippen LogP contribution >= 0.6 is 11.8 Å². The van der Waals surface area contributed by atoms with Gasteiger partial charge in [-0.2, -0.15) is 0 Å². The number of carbonyl (C=O) groups excluding carboxylic acids is 2. The van der Waals surface area contributed by atoms with E-state index in [1.54, 1.807) is 27.9 Å². The minimum atomic E-state index is -0.505. The van der Waals surface area contributed by atoms with Gasteiger partial charge in [-0.25, -0.2) is 13.9 Å². The van der Waals surface area contributed by atoms with Crippen LogP contribution in [0, 0.1) is 12.7 Å². The third-order valence-corrected chi connectivity index (χ3v) is 6.10. The van der Waals surface area contributed by atoms with Crippen molar-refractivity contribution in [2.75, 3.05) is 48.3 Å². The average molecular weight is 449 g/mol. The SMILES string of the molecule is CCSC(=O)N1CCN(c2ccc(N3C[C@H](Cn4cc(C)nn4)OC3=O)cc2F)CC1. The molecule has 2 saturated heterocycles. The molecule has 2 aliphatic heterocycles. The van der Waals surface area contributed by atoms with E-state index in [0.717, 1.165) is 11.4 Å². The van der Waals surface area contributed by atoms with Gasteiger partial charge in [0.2, 0.25) is 0 Å². The normalized spacial score (nSPS) is 19.1. The molecule has 1 aromatic heterocycles. The van der Waals surface area contributed by atoms with Crippen LogP contribution in [0.1, 0.15) is 12.6 Å². The Kier molecular flexibility index (Phi) is 6.30. The summed E-state index contributed by atoms with van der Waals surface area (Å²) in [6, 6.07) is 4.78. The van der Waals surface area contributed by atoms with Crippen molar-refractivity contribution in [3.63, 3.8) is 0 Å². The fourth-order valence-corrected chi connectivity index (χ4v) is 4.40. The van der Waals surface area contributed by atoms with Crippen molar-refractivity contribution >= 4 is 34.5 Å². The third-order valence-electron chi connectivity index (χ3n) is 5.31. The second-order valence-corrected chi connectivity index (χ2v) is 8.72. The van der Waals surface area contributed by atoms with Crippen molar-refractivity contribution in [3.8, 4) is 0 Å². The van der Waals surface area contributed by atoms with Gasteiger partial charge in [0.05, 0.1) is 30.2 Å². The van der Waals surface area contributed by atoms with Gasteiger partial charge < -0.3 is 14.5 Å². The summed E-state index contributed by atoms with van der Waals surface area (Å²) >= 11 is 1.29. The number of piperazine rings is 1. The van der Waals surface area contributed by atoms with E-state index in [2.05, 4.69) is 10.3 Å². The van der Waals surface area contributed by atoms with Crippen LogP contribution in [0.2, 0.25) is 0 Å². The number of anilines is 2. The lowest BCUT2D eigenvalue weighted by Gasteiger charge is -2.36. The molecule has 166 valence electrons. The van der Waals surface area contributed by atoms with Gasteiger partial charge in [0, 0.05) is 32.4 Å². The number of hydrogen-bond donors (Lipinski definition) is 0. The molecule has 4 rings (SSSR count). The number of aryl methyl sites for hydroxylation is 1. The van der Waals surface area contributed by atoms with Crippen molar-refractivity contribution in [1.29, 1.82) is 0 Å². The van der Waals surface area contributed by atoms with E-state index < -0.39 is 11.9 Å². The largest absolute Gasteiger partial charge is 0.442 e. The minimum absolute atomic E-state index is 0.0705. The maximum atomic E-state index is 14.9. The van der Waals surface area contributed by atoms with Crippen LogP contribution in [0.5, 0.6) is 0 Å². The summed E-state index contributed by atoms with van der Waals surface area (Å²) in [5.74, 6) is 0.344. The van der Waals surface area contributed by atoms with Crippen molar-refractivity contribution in [2.45, 2.75) is 26.5 Å². The highest BCUT2D eigenvalue weighted by Gasteiger charge is 2.33. The van der Waals surface area contributed by atoms with Crippen LogP contribution in [0.25, 0.3) is 0 Å². The Morgan fingerprint density at radius 3 is 2.71 bits per heavy atom. The fraction of sp³-hybridized carbons (Fsp3) is 0.500. The van der Waals surface area contributed by atoms with Crippen LogP contribution in [0.3, 0.4) is 0 Å². The van der Waals surface area contributed by atoms with Gasteiger partial charge in [-0.15, -0.1) is 5.10 Å². The molecular formula is C20H25FN6O3S. The molecule has 0 radical (unpaired) electrons. The summed E-state index contributed by atoms with van der Waals surface area (Å²) < 4.78 is 21.9. The maximum absolute atomic E-state index is 14.9. The van der Waals surface area contributed by atoms with E-state index in [1.165, 1.54) is 22.7 Å². The highest BCUT2D eigenvalue weighted by molar-refractivity contribution is 8.13. The molecule has 3 heterocycles. The van der Waals surface area contributed by atoms with Crippen LogP contribution in [-0.2, 0) is 11.3 Å². The Hall–Kier alpha value is -2.82. The Morgan fingerprint density at radius 1 is 1.29 bits per heavy atom. The van der Waals surface area contributed by atoms with Crippen LogP contribution in [0.4, 0.5) is 25.4 Å². The third kappa shape index (κ3) is 4.76. The smallest absolute Gasteiger partial charge is 0.414 e. The second-order valence-electron chi connectivity index (χ2n) is 7.51. The van der Waals surface area contributed by atoms with Crippen molar-refractivity contribution in [1.82, 2.24) is 19.9 Å². The Bertz CT molecular complexity index is 962. The first-order valence-electron chi connectivity index (χ1n) is 10.3. The number of benzene rings is 1. The highest BCUT2D eigenvalue weighted by Crippen LogP contribution is 2.29. The fourth-order valence-electron chi connectivity index (χ4n) is 3.79. The number of rotatable bonds is 5. The molecule has 0 saturated carbocycles. The number of carbonyl (C=O) groups is 2. The second kappa shape index (κ2) is 9.13. The first kappa shape index (κ1) is 21.4. The number of aromatic nitrogens is 3. The Labute approximate surface area is 184 Å². The summed E-state index contributed by atoms with van der Waals surface area (Å²) in [6.07, 6.45) is 0.886. The van der Waals surface area contributed by atoms with Gasteiger partial charge >= 0.3 is 6.09 Å². The molecule has 1 aromatic carbocycles. The number of cyclic esters (lactones) is 1. The summed E-state index contributed by atoms with van der Waals surface area (Å²) in [7, 11) is 0. The molecular weight excluding hydrogens is 423 g/mol. The zero-order chi connectivity index (χ0) is 22.0. The Morgan fingerprint density at radius 2 is 2.06 bits per heavy atom. The molecule has 1 atom stereocenters. The lowest BCUT2D eigenvalue weighted by atomic mass is 10.2. The first-order valence-corrected chi connectivity index (χ1v) is 11.2. The lowest BCUT2D eigenvalue weighted by molar-refractivity contribution is 0.129. The van der Waals surface area contributed by atoms with Crippen LogP contribution < -0.4 is 9.80 Å². The van der Waals surface area contributed by atoms with Gasteiger partial charge in [-0.1, -0.05) is 23.9 Å². The van der Waals surface area contributed by atoms with E-state index in [9.17, 15) is 14.0 Å². The molecule has 31 heavy (non-hydrogen) atoms. The van der Waals surface area contributed by atoms with E-state index >= 15 is 0 Å². The monoisotopic (exact) mass is 448 g/mol. The Balaban J connectivity index is 1.38. The van der Waals surface area contributed by atoms with Crippen molar-refractivity contribution < 1.29 is 18.7 Å². The quantitative estimate of drug-likeness (QED) is 0.695. The topological polar surface area (TPSA) is 83.8 Å². The van der Waals surface area contributed by atoms with Crippen molar-refractivity contribution in [2.24, 2.45) is 0 Å². The maximum Gasteiger partial charge on any atom is 0.414 e. The molecule has 9 nitrogen and oxygen atoms in total. The molecule has 11 heteroatoms. The predicted molar refractivity (Wildman–Crippen MR) is 116 cm³/mol. The molecule has 0 aliphatic carbocycles. The molecule has 2 fully saturated rings. The van der Waals surface area contributed by atoms with Crippen LogP contribution in [0.15, 0.2) is 24.4 Å². The lowest BCUT2D eigenvalue weighted by Crippen LogP contribution is -2.48. The number of ether oxygens (including phenoxy) is 1. The van der Waals surface area contributed by atoms with Gasteiger partial charge in [-0.05, 0) is 30.9 Å². The van der Waals surface area contributed by atoms with E-state index in [4.69, 9.17) is 4.74 Å². The minimum Gasteiger partial charge on any atom is -0.442 e. The molecule has 0 spiro atoms. The zero-order valence-corrected chi connectivity index (χ0v) is 18.3. The predicted octanol–water partition coefficient (Wildman–Crippen LogP) is 2.75. The van der Waals surface area contributed by atoms with E-state index in [-0.39, 0.29) is 11.3 Å². The van der Waals surface area contributed by atoms with Gasteiger partial charge in [-0.3, -0.25) is 9.69 Å². The number of nitrogens with zero attached hydrogens (tertiary/aromatic N) is 6. The highest BCUT2D eigenvalue weighted by atomic mass is 32.2. The number of halogens is 1. The first-order chi connectivity index (χ1) is 14.9. The number of thioether (sulfide) groups is 1. The molecule has 2 aromatic rings. The number of hydrogen-bond acceptors (Lipinski definition) is 7. The summed E-state index contributed by atoms with van der Waals surface area (Å²) in [5.41, 5.74) is 1.71. The van der Waals surface area contributed by atoms with Gasteiger partial charge in [0.1, 0.15) is 11.9 Å². The summed E-state index contributed by atoms with van der Waals surface area (Å²) in [5, 5.41) is 7.97. The molecule has 0 unspecified atom stereocenters. The summed E-state index contributed by atoms with van der Waals surface area (Å²) in [4.78, 5) is 29.5. The van der Waals surface area contributed by atoms with Gasteiger partial charge in [0.25, 0.3) is 5.24 Å². The van der Waals surface area contributed by atoms with Crippen LogP contribution in [-0.4, -0.2) is 75.8 Å². The number of amides is 2. The molecule has 0 bridgehead atoms. The van der Waals surface area contributed by atoms with Crippen molar-refractivity contribution in [3.05, 3.63) is 35.9 Å². The summed E-state index contributed by atoms with van der Waals surface area (Å²) in [6.45, 7) is 6.75. The zero-order valence-electron chi connectivity index (χ0n) is 17.5.